The fourth-order valence-corrected chi connectivity index (χ4v) is 5.17. The summed E-state index contributed by atoms with van der Waals surface area (Å²) in [6.45, 7) is 2.39. The maximum absolute atomic E-state index is 12.7. The van der Waals surface area contributed by atoms with E-state index in [1.807, 2.05) is 24.3 Å². The Kier molecular flexibility index (Phi) is 6.00. The van der Waals surface area contributed by atoms with Gasteiger partial charge >= 0.3 is 5.69 Å². The fourth-order valence-electron chi connectivity index (χ4n) is 4.31. The van der Waals surface area contributed by atoms with Crippen LogP contribution in [0.5, 0.6) is 0 Å². The van der Waals surface area contributed by atoms with E-state index in [0.29, 0.717) is 23.1 Å². The highest BCUT2D eigenvalue weighted by molar-refractivity contribution is 7.15. The standard InChI is InChI=1S/C23H24N8O4S/c1-4-13-5-7-15(8-6-13)31-10-14(9-17(31)33)20-26-27-22(36-20)25-16(32)11-30-12-24-19-18(30)21(34)29(3)23(35)28(19)2/h5-8,12,14H,4,9-11H2,1-3H3,(H,25,27,32). The summed E-state index contributed by atoms with van der Waals surface area (Å²) in [4.78, 5) is 55.8. The summed E-state index contributed by atoms with van der Waals surface area (Å²) in [5.74, 6) is -0.519. The Morgan fingerprint density at radius 1 is 1.11 bits per heavy atom. The molecule has 0 radical (unpaired) electrons. The van der Waals surface area contributed by atoms with E-state index in [1.54, 1.807) is 4.90 Å². The number of hydrogen-bond acceptors (Lipinski definition) is 8. The van der Waals surface area contributed by atoms with E-state index < -0.39 is 17.2 Å². The van der Waals surface area contributed by atoms with Gasteiger partial charge in [0.15, 0.2) is 11.2 Å². The second kappa shape index (κ2) is 9.15. The molecule has 1 N–H and O–H groups in total. The van der Waals surface area contributed by atoms with Crippen LogP contribution in [0.4, 0.5) is 10.8 Å². The number of imidazole rings is 1. The first-order chi connectivity index (χ1) is 17.3. The van der Waals surface area contributed by atoms with Crippen molar-refractivity contribution >= 4 is 45.1 Å². The summed E-state index contributed by atoms with van der Waals surface area (Å²) >= 11 is 1.22. The van der Waals surface area contributed by atoms with Gasteiger partial charge in [0.1, 0.15) is 11.6 Å². The Labute approximate surface area is 208 Å². The van der Waals surface area contributed by atoms with E-state index in [4.69, 9.17) is 0 Å². The van der Waals surface area contributed by atoms with Crippen molar-refractivity contribution in [3.63, 3.8) is 0 Å². The summed E-state index contributed by atoms with van der Waals surface area (Å²) in [6.07, 6.45) is 2.60. The van der Waals surface area contributed by atoms with Crippen molar-refractivity contribution in [2.75, 3.05) is 16.8 Å². The number of nitrogens with zero attached hydrogens (tertiary/aromatic N) is 7. The van der Waals surface area contributed by atoms with E-state index in [1.165, 1.54) is 46.5 Å². The maximum Gasteiger partial charge on any atom is 0.332 e. The first-order valence-corrected chi connectivity index (χ1v) is 12.2. The Bertz CT molecular complexity index is 1600. The Morgan fingerprint density at radius 3 is 2.58 bits per heavy atom. The first kappa shape index (κ1) is 23.6. The van der Waals surface area contributed by atoms with Gasteiger partial charge in [0.25, 0.3) is 5.56 Å². The van der Waals surface area contributed by atoms with Crippen molar-refractivity contribution in [1.29, 1.82) is 0 Å². The Morgan fingerprint density at radius 2 is 1.86 bits per heavy atom. The van der Waals surface area contributed by atoms with Gasteiger partial charge in [-0.25, -0.2) is 9.78 Å². The fraction of sp³-hybridized carbons (Fsp3) is 0.348. The largest absolute Gasteiger partial charge is 0.332 e. The van der Waals surface area contributed by atoms with Crippen LogP contribution >= 0.6 is 11.3 Å². The van der Waals surface area contributed by atoms with Crippen LogP contribution in [0.3, 0.4) is 0 Å². The highest BCUT2D eigenvalue weighted by Gasteiger charge is 2.34. The maximum atomic E-state index is 12.7. The summed E-state index contributed by atoms with van der Waals surface area (Å²) in [5.41, 5.74) is 1.40. The van der Waals surface area contributed by atoms with Gasteiger partial charge in [-0.3, -0.25) is 28.8 Å². The van der Waals surface area contributed by atoms with Gasteiger partial charge in [-0.1, -0.05) is 30.4 Å². The molecule has 13 heteroatoms. The highest BCUT2D eigenvalue weighted by atomic mass is 32.1. The second-order valence-electron chi connectivity index (χ2n) is 8.67. The molecule has 5 rings (SSSR count). The third kappa shape index (κ3) is 4.11. The number of carbonyl (C=O) groups excluding carboxylic acids is 2. The molecular formula is C23H24N8O4S. The SMILES string of the molecule is CCc1ccc(N2CC(c3nnc(NC(=O)Cn4cnc5c4c(=O)n(C)c(=O)n5C)s3)CC2=O)cc1. The lowest BCUT2D eigenvalue weighted by molar-refractivity contribution is -0.117. The molecular weight excluding hydrogens is 484 g/mol. The van der Waals surface area contributed by atoms with Crippen LogP contribution in [-0.2, 0) is 36.6 Å². The molecule has 3 aromatic heterocycles. The van der Waals surface area contributed by atoms with Crippen LogP contribution in [0.1, 0.15) is 29.8 Å². The molecule has 0 aliphatic carbocycles. The number of rotatable bonds is 6. The van der Waals surface area contributed by atoms with Crippen LogP contribution in [0.15, 0.2) is 40.2 Å². The average molecular weight is 509 g/mol. The lowest BCUT2D eigenvalue weighted by Gasteiger charge is -2.16. The third-order valence-electron chi connectivity index (χ3n) is 6.35. The minimum absolute atomic E-state index is 0.0213. The summed E-state index contributed by atoms with van der Waals surface area (Å²) in [6, 6.07) is 7.95. The zero-order valence-corrected chi connectivity index (χ0v) is 20.8. The molecule has 1 aromatic carbocycles. The minimum Gasteiger partial charge on any atom is -0.315 e. The molecule has 4 aromatic rings. The van der Waals surface area contributed by atoms with Crippen LogP contribution in [0.2, 0.25) is 0 Å². The summed E-state index contributed by atoms with van der Waals surface area (Å²) < 4.78 is 3.62. The van der Waals surface area contributed by atoms with Crippen molar-refractivity contribution in [2.45, 2.75) is 32.2 Å². The van der Waals surface area contributed by atoms with Gasteiger partial charge in [0.05, 0.1) is 6.33 Å². The van der Waals surface area contributed by atoms with Gasteiger partial charge in [0.2, 0.25) is 16.9 Å². The number of anilines is 2. The smallest absolute Gasteiger partial charge is 0.315 e. The molecule has 1 saturated heterocycles. The number of nitrogens with one attached hydrogen (secondary N) is 1. The van der Waals surface area contributed by atoms with Crippen LogP contribution in [0.25, 0.3) is 11.2 Å². The number of carbonyl (C=O) groups is 2. The lowest BCUT2D eigenvalue weighted by atomic mass is 10.1. The minimum atomic E-state index is -0.531. The van der Waals surface area contributed by atoms with E-state index >= 15 is 0 Å². The Hall–Kier alpha value is -4.13. The molecule has 0 saturated carbocycles. The second-order valence-corrected chi connectivity index (χ2v) is 9.68. The van der Waals surface area contributed by atoms with E-state index in [0.717, 1.165) is 16.7 Å². The molecule has 2 amide bonds. The van der Waals surface area contributed by atoms with E-state index in [-0.39, 0.29) is 29.5 Å². The number of benzene rings is 1. The quantitative estimate of drug-likeness (QED) is 0.410. The normalized spacial score (nSPS) is 15.7. The van der Waals surface area contributed by atoms with Crippen LogP contribution < -0.4 is 21.5 Å². The zero-order valence-electron chi connectivity index (χ0n) is 20.0. The van der Waals surface area contributed by atoms with Crippen molar-refractivity contribution < 1.29 is 9.59 Å². The van der Waals surface area contributed by atoms with Crippen molar-refractivity contribution in [3.05, 3.63) is 62.0 Å². The van der Waals surface area contributed by atoms with Gasteiger partial charge in [-0.15, -0.1) is 10.2 Å². The molecule has 4 heterocycles. The van der Waals surface area contributed by atoms with Gasteiger partial charge < -0.3 is 9.47 Å². The predicted molar refractivity (Wildman–Crippen MR) is 134 cm³/mol. The van der Waals surface area contributed by atoms with Crippen molar-refractivity contribution in [1.82, 2.24) is 28.9 Å². The molecule has 186 valence electrons. The number of aromatic nitrogens is 6. The predicted octanol–water partition coefficient (Wildman–Crippen LogP) is 1.01. The zero-order chi connectivity index (χ0) is 25.6. The molecule has 12 nitrogen and oxygen atoms in total. The Balaban J connectivity index is 1.28. The van der Waals surface area contributed by atoms with Crippen LogP contribution in [0, 0.1) is 0 Å². The van der Waals surface area contributed by atoms with Gasteiger partial charge in [-0.2, -0.15) is 0 Å². The molecule has 1 atom stereocenters. The van der Waals surface area contributed by atoms with Crippen LogP contribution in [-0.4, -0.2) is 47.2 Å². The molecule has 1 fully saturated rings. The number of fused-ring (bicyclic) bond motifs is 1. The average Bonchev–Trinajstić information content (AvgIpc) is 3.60. The molecule has 1 aliphatic rings. The highest BCUT2D eigenvalue weighted by Crippen LogP contribution is 2.34. The summed E-state index contributed by atoms with van der Waals surface area (Å²) in [7, 11) is 2.89. The van der Waals surface area contributed by atoms with Gasteiger partial charge in [-0.05, 0) is 24.1 Å². The lowest BCUT2D eigenvalue weighted by Crippen LogP contribution is -2.37. The first-order valence-electron chi connectivity index (χ1n) is 11.4. The van der Waals surface area contributed by atoms with Crippen molar-refractivity contribution in [3.8, 4) is 0 Å². The van der Waals surface area contributed by atoms with Gasteiger partial charge in [0, 0.05) is 38.7 Å². The molecule has 0 spiro atoms. The number of amides is 2. The molecule has 36 heavy (non-hydrogen) atoms. The topological polar surface area (TPSA) is 137 Å². The molecule has 1 unspecified atom stereocenters. The van der Waals surface area contributed by atoms with E-state index in [2.05, 4.69) is 27.4 Å². The summed E-state index contributed by atoms with van der Waals surface area (Å²) in [5, 5.41) is 11.9. The number of hydrogen-bond donors (Lipinski definition) is 1. The molecule has 1 aliphatic heterocycles. The molecule has 0 bridgehead atoms. The number of aryl methyl sites for hydroxylation is 2. The van der Waals surface area contributed by atoms with E-state index in [9.17, 15) is 19.2 Å². The monoisotopic (exact) mass is 508 g/mol. The van der Waals surface area contributed by atoms with Crippen molar-refractivity contribution in [2.24, 2.45) is 14.1 Å². The third-order valence-corrected chi connectivity index (χ3v) is 7.35.